The Morgan fingerprint density at radius 2 is 2.00 bits per heavy atom. The first-order valence-electron chi connectivity index (χ1n) is 13.4. The highest BCUT2D eigenvalue weighted by Crippen LogP contribution is 2.48. The maximum Gasteiger partial charge on any atom is 0.319 e. The van der Waals surface area contributed by atoms with E-state index in [1.54, 1.807) is 24.3 Å². The fourth-order valence-electron chi connectivity index (χ4n) is 6.43. The van der Waals surface area contributed by atoms with Crippen molar-refractivity contribution in [2.75, 3.05) is 38.2 Å². The standard InChI is InChI=1S/C29H29ClFN5O3/c1-35-8-4-6-17(35)14-39-29-33-26-20(28(34-29)36-13-16-10-18(36)12-32-16)11-21(30)24(25(26)31)23-19-7-3-2-5-15(19)9-22(37)27(23)38/h2-3,5,7,9,11,16-18,32,37-38H,4,6,8,10,12-14H2,1H3/t16?,17-,18?/m0/s1. The molecule has 0 radical (unpaired) electrons. The molecule has 1 aromatic heterocycles. The van der Waals surface area contributed by atoms with Crippen LogP contribution >= 0.6 is 11.6 Å². The topological polar surface area (TPSA) is 94.0 Å². The summed E-state index contributed by atoms with van der Waals surface area (Å²) in [5.41, 5.74) is 0.163. The number of anilines is 1. The summed E-state index contributed by atoms with van der Waals surface area (Å²) in [4.78, 5) is 13.8. The first kappa shape index (κ1) is 24.6. The summed E-state index contributed by atoms with van der Waals surface area (Å²) < 4.78 is 22.7. The van der Waals surface area contributed by atoms with Crippen molar-refractivity contribution in [1.29, 1.82) is 0 Å². The fourth-order valence-corrected chi connectivity index (χ4v) is 6.71. The number of likely N-dealkylation sites (N-methyl/N-ethyl adjacent to an activating group) is 1. The Morgan fingerprint density at radius 1 is 1.15 bits per heavy atom. The highest BCUT2D eigenvalue weighted by Gasteiger charge is 2.39. The van der Waals surface area contributed by atoms with Gasteiger partial charge >= 0.3 is 6.01 Å². The van der Waals surface area contributed by atoms with E-state index in [2.05, 4.69) is 27.1 Å². The maximum atomic E-state index is 16.6. The molecular weight excluding hydrogens is 521 g/mol. The summed E-state index contributed by atoms with van der Waals surface area (Å²) in [6, 6.07) is 11.2. The molecule has 39 heavy (non-hydrogen) atoms. The molecule has 4 heterocycles. The molecule has 3 fully saturated rings. The van der Waals surface area contributed by atoms with E-state index < -0.39 is 11.6 Å². The van der Waals surface area contributed by atoms with Gasteiger partial charge in [0.05, 0.1) is 5.02 Å². The lowest BCUT2D eigenvalue weighted by Gasteiger charge is -2.30. The number of hydrogen-bond donors (Lipinski definition) is 3. The van der Waals surface area contributed by atoms with Crippen LogP contribution in [0.2, 0.25) is 5.02 Å². The quantitative estimate of drug-likeness (QED) is 0.309. The van der Waals surface area contributed by atoms with E-state index in [0.29, 0.717) is 34.6 Å². The molecule has 202 valence electrons. The molecule has 3 N–H and O–H groups in total. The minimum atomic E-state index is -0.697. The Bertz CT molecular complexity index is 1620. The van der Waals surface area contributed by atoms with Crippen molar-refractivity contribution < 1.29 is 19.3 Å². The number of rotatable bonds is 5. The Kier molecular flexibility index (Phi) is 5.91. The molecule has 4 aromatic rings. The smallest absolute Gasteiger partial charge is 0.319 e. The van der Waals surface area contributed by atoms with Gasteiger partial charge in [0, 0.05) is 47.7 Å². The molecule has 0 saturated carbocycles. The van der Waals surface area contributed by atoms with Crippen LogP contribution in [-0.4, -0.2) is 76.5 Å². The first-order valence-corrected chi connectivity index (χ1v) is 13.7. The van der Waals surface area contributed by atoms with Crippen LogP contribution in [0.5, 0.6) is 17.5 Å². The van der Waals surface area contributed by atoms with Crippen molar-refractivity contribution in [3.05, 3.63) is 47.2 Å². The zero-order chi connectivity index (χ0) is 26.8. The van der Waals surface area contributed by atoms with Crippen LogP contribution in [0.25, 0.3) is 32.8 Å². The van der Waals surface area contributed by atoms with Gasteiger partial charge in [0.25, 0.3) is 0 Å². The lowest BCUT2D eigenvalue weighted by atomic mass is 9.95. The van der Waals surface area contributed by atoms with Crippen LogP contribution in [0.4, 0.5) is 10.2 Å². The van der Waals surface area contributed by atoms with Crippen LogP contribution in [0, 0.1) is 5.82 Å². The summed E-state index contributed by atoms with van der Waals surface area (Å²) in [6.45, 7) is 3.01. The van der Waals surface area contributed by atoms with Crippen molar-refractivity contribution in [3.8, 4) is 28.6 Å². The molecule has 0 amide bonds. The zero-order valence-electron chi connectivity index (χ0n) is 21.5. The number of phenolic OH excluding ortho intramolecular Hbond substituents is 2. The predicted octanol–water partition coefficient (Wildman–Crippen LogP) is 4.68. The van der Waals surface area contributed by atoms with Gasteiger partial charge in [-0.1, -0.05) is 35.9 Å². The normalized spacial score (nSPS) is 22.9. The monoisotopic (exact) mass is 549 g/mol. The molecule has 8 nitrogen and oxygen atoms in total. The molecule has 3 aliphatic rings. The lowest BCUT2D eigenvalue weighted by molar-refractivity contribution is 0.188. The number of nitrogens with zero attached hydrogens (tertiary/aromatic N) is 4. The third-order valence-electron chi connectivity index (χ3n) is 8.50. The second kappa shape index (κ2) is 9.36. The van der Waals surface area contributed by atoms with Gasteiger partial charge in [0.1, 0.15) is 17.9 Å². The number of piperazine rings is 1. The minimum absolute atomic E-state index is 0.0236. The van der Waals surface area contributed by atoms with Crippen molar-refractivity contribution in [3.63, 3.8) is 0 Å². The number of aromatic nitrogens is 2. The zero-order valence-corrected chi connectivity index (χ0v) is 22.2. The Hall–Kier alpha value is -3.40. The van der Waals surface area contributed by atoms with Gasteiger partial charge in [0.2, 0.25) is 0 Å². The van der Waals surface area contributed by atoms with Crippen LogP contribution < -0.4 is 15.0 Å². The number of ether oxygens (including phenoxy) is 1. The van der Waals surface area contributed by atoms with Crippen molar-refractivity contribution >= 4 is 39.1 Å². The summed E-state index contributed by atoms with van der Waals surface area (Å²) in [7, 11) is 2.07. The van der Waals surface area contributed by atoms with E-state index in [1.165, 1.54) is 6.07 Å². The van der Waals surface area contributed by atoms with E-state index in [-0.39, 0.29) is 45.5 Å². The number of benzene rings is 3. The van der Waals surface area contributed by atoms with E-state index in [0.717, 1.165) is 38.9 Å². The Balaban J connectivity index is 1.42. The number of aromatic hydroxyl groups is 2. The molecule has 3 aliphatic heterocycles. The Labute approximate surface area is 230 Å². The predicted molar refractivity (Wildman–Crippen MR) is 149 cm³/mol. The van der Waals surface area contributed by atoms with Gasteiger partial charge in [0.15, 0.2) is 17.3 Å². The van der Waals surface area contributed by atoms with Crippen LogP contribution in [0.15, 0.2) is 36.4 Å². The minimum Gasteiger partial charge on any atom is -0.504 e. The number of phenols is 2. The molecule has 0 aliphatic carbocycles. The highest BCUT2D eigenvalue weighted by atomic mass is 35.5. The lowest BCUT2D eigenvalue weighted by Crippen LogP contribution is -2.44. The summed E-state index contributed by atoms with van der Waals surface area (Å²) in [5, 5.41) is 26.7. The number of hydrogen-bond acceptors (Lipinski definition) is 8. The molecule has 3 aromatic carbocycles. The third-order valence-corrected chi connectivity index (χ3v) is 8.80. The second-order valence-corrected chi connectivity index (χ2v) is 11.3. The van der Waals surface area contributed by atoms with Crippen LogP contribution in [-0.2, 0) is 0 Å². The first-order chi connectivity index (χ1) is 18.9. The molecule has 2 bridgehead atoms. The van der Waals surface area contributed by atoms with Gasteiger partial charge in [-0.2, -0.15) is 9.97 Å². The number of halogens is 2. The largest absolute Gasteiger partial charge is 0.504 e. The number of fused-ring (bicyclic) bond motifs is 4. The van der Waals surface area contributed by atoms with Gasteiger partial charge in [-0.25, -0.2) is 4.39 Å². The average molecular weight is 550 g/mol. The van der Waals surface area contributed by atoms with E-state index in [1.807, 2.05) is 6.07 Å². The highest BCUT2D eigenvalue weighted by molar-refractivity contribution is 6.35. The molecule has 10 heteroatoms. The number of likely N-dealkylation sites (tertiary alicyclic amines) is 1. The molecule has 2 unspecified atom stereocenters. The second-order valence-electron chi connectivity index (χ2n) is 10.8. The van der Waals surface area contributed by atoms with Crippen molar-refractivity contribution in [2.24, 2.45) is 0 Å². The average Bonchev–Trinajstić information content (AvgIpc) is 3.67. The van der Waals surface area contributed by atoms with E-state index in [9.17, 15) is 10.2 Å². The SMILES string of the molecule is CN1CCC[C@H]1COc1nc(N2CC3CC2CN3)c2cc(Cl)c(-c3c(O)c(O)cc4ccccc34)c(F)c2n1. The molecule has 3 atom stereocenters. The summed E-state index contributed by atoms with van der Waals surface area (Å²) in [5.74, 6) is -0.890. The Morgan fingerprint density at radius 3 is 2.74 bits per heavy atom. The van der Waals surface area contributed by atoms with Gasteiger partial charge in [-0.15, -0.1) is 0 Å². The van der Waals surface area contributed by atoms with Crippen LogP contribution in [0.3, 0.4) is 0 Å². The molecule has 0 spiro atoms. The molecular formula is C29H29ClFN5O3. The van der Waals surface area contributed by atoms with Crippen LogP contribution in [0.1, 0.15) is 19.3 Å². The van der Waals surface area contributed by atoms with Crippen molar-refractivity contribution in [1.82, 2.24) is 20.2 Å². The van der Waals surface area contributed by atoms with E-state index >= 15 is 4.39 Å². The van der Waals surface area contributed by atoms with Gasteiger partial charge < -0.3 is 30.1 Å². The third kappa shape index (κ3) is 4.02. The summed E-state index contributed by atoms with van der Waals surface area (Å²) >= 11 is 6.77. The van der Waals surface area contributed by atoms with Gasteiger partial charge in [-0.3, -0.25) is 0 Å². The van der Waals surface area contributed by atoms with E-state index in [4.69, 9.17) is 21.3 Å². The van der Waals surface area contributed by atoms with Gasteiger partial charge in [-0.05, 0) is 55.8 Å². The van der Waals surface area contributed by atoms with Crippen molar-refractivity contribution in [2.45, 2.75) is 37.4 Å². The maximum absolute atomic E-state index is 16.6. The molecule has 3 saturated heterocycles. The summed E-state index contributed by atoms with van der Waals surface area (Å²) in [6.07, 6.45) is 3.12. The molecule has 7 rings (SSSR count). The number of nitrogens with one attached hydrogen (secondary N) is 1. The fraction of sp³-hybridized carbons (Fsp3) is 0.379.